The third kappa shape index (κ3) is 3.29. The van der Waals surface area contributed by atoms with Gasteiger partial charge in [0, 0.05) is 50.6 Å². The van der Waals surface area contributed by atoms with Crippen LogP contribution in [0.4, 0.5) is 5.69 Å². The van der Waals surface area contributed by atoms with Crippen LogP contribution in [0.5, 0.6) is 0 Å². The monoisotopic (exact) mass is 371 g/mol. The maximum Gasteiger partial charge on any atom is 0.122 e. The second-order valence-corrected chi connectivity index (χ2v) is 7.64. The molecule has 3 heterocycles. The van der Waals surface area contributed by atoms with Crippen LogP contribution in [0.2, 0.25) is 0 Å². The highest BCUT2D eigenvalue weighted by Gasteiger charge is 2.33. The zero-order valence-corrected chi connectivity index (χ0v) is 16.1. The summed E-state index contributed by atoms with van der Waals surface area (Å²) in [5.74, 6) is 1.13. The van der Waals surface area contributed by atoms with Crippen LogP contribution < -0.4 is 4.90 Å². The van der Waals surface area contributed by atoms with Crippen molar-refractivity contribution in [3.8, 4) is 11.1 Å². The lowest BCUT2D eigenvalue weighted by atomic mass is 10.1. The van der Waals surface area contributed by atoms with E-state index < -0.39 is 0 Å². The molecular weight excluding hydrogens is 346 g/mol. The first-order valence-electron chi connectivity index (χ1n) is 9.81. The highest BCUT2D eigenvalue weighted by atomic mass is 15.4. The molecule has 0 spiro atoms. The first-order valence-corrected chi connectivity index (χ1v) is 9.81. The van der Waals surface area contributed by atoms with Gasteiger partial charge in [-0.05, 0) is 23.3 Å². The van der Waals surface area contributed by atoms with E-state index in [1.807, 2.05) is 12.4 Å². The van der Waals surface area contributed by atoms with E-state index in [2.05, 4.69) is 98.3 Å². The summed E-state index contributed by atoms with van der Waals surface area (Å²) in [6.45, 7) is 4.05. The van der Waals surface area contributed by atoms with Gasteiger partial charge in [0.05, 0.1) is 19.3 Å². The Balaban J connectivity index is 1.16. The van der Waals surface area contributed by atoms with E-state index in [9.17, 15) is 0 Å². The van der Waals surface area contributed by atoms with E-state index in [4.69, 9.17) is 0 Å². The van der Waals surface area contributed by atoms with Gasteiger partial charge in [-0.3, -0.25) is 4.90 Å². The molecule has 2 aliphatic heterocycles. The molecule has 28 heavy (non-hydrogen) atoms. The Labute approximate surface area is 166 Å². The lowest BCUT2D eigenvalue weighted by Gasteiger charge is -2.44. The number of aryl methyl sites for hydroxylation is 1. The van der Waals surface area contributed by atoms with Crippen LogP contribution in [0.3, 0.4) is 0 Å². The third-order valence-corrected chi connectivity index (χ3v) is 5.75. The second kappa shape index (κ2) is 7.17. The lowest BCUT2D eigenvalue weighted by molar-refractivity contribution is 0.0571. The van der Waals surface area contributed by atoms with Gasteiger partial charge < -0.3 is 14.4 Å². The summed E-state index contributed by atoms with van der Waals surface area (Å²) in [6, 6.07) is 20.0. The Kier molecular flexibility index (Phi) is 4.37. The summed E-state index contributed by atoms with van der Waals surface area (Å²) in [5.41, 5.74) is 3.76. The zero-order chi connectivity index (χ0) is 18.9. The van der Waals surface area contributed by atoms with Gasteiger partial charge in [0.2, 0.25) is 0 Å². The molecule has 2 aromatic carbocycles. The number of nitrogens with zero attached hydrogens (tertiary/aromatic N) is 5. The number of aromatic nitrogens is 2. The first kappa shape index (κ1) is 17.1. The van der Waals surface area contributed by atoms with Crippen molar-refractivity contribution >= 4 is 5.69 Å². The third-order valence-electron chi connectivity index (χ3n) is 5.75. The second-order valence-electron chi connectivity index (χ2n) is 7.64. The minimum atomic E-state index is 0.588. The fraction of sp³-hybridized carbons (Fsp3) is 0.261. The molecule has 0 unspecified atom stereocenters. The fourth-order valence-electron chi connectivity index (χ4n) is 3.95. The van der Waals surface area contributed by atoms with Gasteiger partial charge in [0.1, 0.15) is 5.82 Å². The Morgan fingerprint density at radius 1 is 0.929 bits per heavy atom. The highest BCUT2D eigenvalue weighted by Crippen LogP contribution is 2.27. The molecule has 5 rings (SSSR count). The molecule has 0 amide bonds. The number of likely N-dealkylation sites (tertiary alicyclic amines) is 1. The van der Waals surface area contributed by atoms with Gasteiger partial charge in [0.25, 0.3) is 0 Å². The summed E-state index contributed by atoms with van der Waals surface area (Å²) in [6.07, 6.45) is 8.31. The van der Waals surface area contributed by atoms with E-state index in [1.54, 1.807) is 0 Å². The number of hydrogen-bond acceptors (Lipinski definition) is 4. The molecule has 0 saturated carbocycles. The smallest absolute Gasteiger partial charge is 0.122 e. The molecule has 3 aromatic rings. The minimum absolute atomic E-state index is 0.588. The molecule has 0 N–H and O–H groups in total. The normalized spacial score (nSPS) is 17.3. The van der Waals surface area contributed by atoms with Crippen molar-refractivity contribution in [3.63, 3.8) is 0 Å². The summed E-state index contributed by atoms with van der Waals surface area (Å²) in [7, 11) is 2.06. The van der Waals surface area contributed by atoms with E-state index in [0.717, 1.165) is 32.1 Å². The minimum Gasteiger partial charge on any atom is -0.353 e. The van der Waals surface area contributed by atoms with Gasteiger partial charge >= 0.3 is 0 Å². The van der Waals surface area contributed by atoms with Crippen molar-refractivity contribution in [2.24, 2.45) is 7.05 Å². The van der Waals surface area contributed by atoms with Crippen molar-refractivity contribution in [1.29, 1.82) is 0 Å². The number of anilines is 1. The Bertz CT molecular complexity index is 954. The Morgan fingerprint density at radius 3 is 2.39 bits per heavy atom. The molecule has 142 valence electrons. The summed E-state index contributed by atoms with van der Waals surface area (Å²) in [5, 5.41) is 0. The van der Waals surface area contributed by atoms with Crippen LogP contribution in [0.25, 0.3) is 11.1 Å². The molecule has 5 nitrogen and oxygen atoms in total. The topological polar surface area (TPSA) is 27.5 Å². The van der Waals surface area contributed by atoms with E-state index in [-0.39, 0.29) is 0 Å². The van der Waals surface area contributed by atoms with E-state index in [0.29, 0.717) is 6.04 Å². The van der Waals surface area contributed by atoms with Gasteiger partial charge in [-0.1, -0.05) is 42.5 Å². The number of imidazole rings is 1. The Morgan fingerprint density at radius 2 is 1.68 bits per heavy atom. The molecule has 2 aliphatic rings. The molecule has 1 saturated heterocycles. The van der Waals surface area contributed by atoms with Crippen LogP contribution in [0.1, 0.15) is 5.82 Å². The van der Waals surface area contributed by atoms with Crippen LogP contribution in [0.15, 0.2) is 79.4 Å². The van der Waals surface area contributed by atoms with Crippen molar-refractivity contribution in [2.75, 3.05) is 24.7 Å². The average molecular weight is 371 g/mol. The summed E-state index contributed by atoms with van der Waals surface area (Å²) >= 11 is 0. The molecule has 0 bridgehead atoms. The average Bonchev–Trinajstić information content (AvgIpc) is 3.34. The van der Waals surface area contributed by atoms with Crippen molar-refractivity contribution in [1.82, 2.24) is 19.4 Å². The SMILES string of the molecule is Cn1ccnc1CN1CC(N2C=CN(c3ccc(-c4ccccc4)cc3)C2)C1. The van der Waals surface area contributed by atoms with Crippen molar-refractivity contribution < 1.29 is 0 Å². The standard InChI is InChI=1S/C23H25N5/c1-25-12-11-24-23(25)17-26-15-22(16-26)28-14-13-27(18-28)21-9-7-20(8-10-21)19-5-3-2-4-6-19/h2-14,22H,15-18H2,1H3. The molecular formula is C23H25N5. The van der Waals surface area contributed by atoms with E-state index >= 15 is 0 Å². The van der Waals surface area contributed by atoms with Gasteiger partial charge in [0.15, 0.2) is 0 Å². The van der Waals surface area contributed by atoms with Crippen molar-refractivity contribution in [2.45, 2.75) is 12.6 Å². The molecule has 0 aliphatic carbocycles. The highest BCUT2D eigenvalue weighted by molar-refractivity contribution is 5.66. The Hall–Kier alpha value is -3.05. The predicted octanol–water partition coefficient (Wildman–Crippen LogP) is 3.52. The maximum atomic E-state index is 4.43. The molecule has 1 fully saturated rings. The van der Waals surface area contributed by atoms with Gasteiger partial charge in [-0.25, -0.2) is 4.98 Å². The van der Waals surface area contributed by atoms with Crippen LogP contribution in [-0.4, -0.2) is 45.2 Å². The lowest BCUT2D eigenvalue weighted by Crippen LogP contribution is -2.57. The number of hydrogen-bond donors (Lipinski definition) is 0. The predicted molar refractivity (Wildman–Crippen MR) is 112 cm³/mol. The van der Waals surface area contributed by atoms with Crippen molar-refractivity contribution in [3.05, 3.63) is 85.2 Å². The molecule has 5 heteroatoms. The maximum absolute atomic E-state index is 4.43. The first-order chi connectivity index (χ1) is 13.8. The van der Waals surface area contributed by atoms with Crippen LogP contribution in [-0.2, 0) is 13.6 Å². The van der Waals surface area contributed by atoms with Gasteiger partial charge in [-0.15, -0.1) is 0 Å². The van der Waals surface area contributed by atoms with Crippen LogP contribution >= 0.6 is 0 Å². The fourth-order valence-corrected chi connectivity index (χ4v) is 3.95. The summed E-state index contributed by atoms with van der Waals surface area (Å²) < 4.78 is 2.10. The van der Waals surface area contributed by atoms with E-state index in [1.165, 1.54) is 16.8 Å². The van der Waals surface area contributed by atoms with Gasteiger partial charge in [-0.2, -0.15) is 0 Å². The molecule has 1 aromatic heterocycles. The summed E-state index contributed by atoms with van der Waals surface area (Å²) in [4.78, 5) is 11.6. The number of benzene rings is 2. The molecule has 0 atom stereocenters. The molecule has 0 radical (unpaired) electrons. The quantitative estimate of drug-likeness (QED) is 0.686. The number of rotatable bonds is 5. The largest absolute Gasteiger partial charge is 0.353 e. The van der Waals surface area contributed by atoms with Crippen LogP contribution in [0, 0.1) is 0 Å². The zero-order valence-electron chi connectivity index (χ0n) is 16.1.